The summed E-state index contributed by atoms with van der Waals surface area (Å²) < 4.78 is 5.89. The van der Waals surface area contributed by atoms with Gasteiger partial charge in [-0.05, 0) is 37.5 Å². The van der Waals surface area contributed by atoms with Crippen molar-refractivity contribution in [2.45, 2.75) is 83.5 Å². The molecule has 0 aromatic carbocycles. The Bertz CT molecular complexity index is 272. The van der Waals surface area contributed by atoms with Gasteiger partial charge in [-0.2, -0.15) is 0 Å². The molecule has 3 nitrogen and oxygen atoms in total. The van der Waals surface area contributed by atoms with E-state index in [1.807, 2.05) is 0 Å². The van der Waals surface area contributed by atoms with Gasteiger partial charge in [0.05, 0.1) is 18.8 Å². The summed E-state index contributed by atoms with van der Waals surface area (Å²) in [6, 6.07) is 0.591. The maximum absolute atomic E-state index is 10.1. The molecule has 3 heteroatoms. The molecule has 0 aromatic rings. The summed E-state index contributed by atoms with van der Waals surface area (Å²) in [5.41, 5.74) is 0. The number of aliphatic hydroxyl groups is 1. The van der Waals surface area contributed by atoms with Crippen LogP contribution in [0.15, 0.2) is 0 Å². The normalized spacial score (nSPS) is 36.8. The van der Waals surface area contributed by atoms with E-state index in [-0.39, 0.29) is 6.10 Å². The molecule has 0 saturated heterocycles. The van der Waals surface area contributed by atoms with Crippen LogP contribution in [0.3, 0.4) is 0 Å². The second kappa shape index (κ2) is 8.35. The molecule has 0 bridgehead atoms. The summed E-state index contributed by atoms with van der Waals surface area (Å²) in [5.74, 6) is 1.53. The van der Waals surface area contributed by atoms with E-state index in [4.69, 9.17) is 4.74 Å². The van der Waals surface area contributed by atoms with E-state index in [2.05, 4.69) is 19.2 Å². The molecule has 5 unspecified atom stereocenters. The van der Waals surface area contributed by atoms with Crippen molar-refractivity contribution in [1.82, 2.24) is 5.32 Å². The average molecular weight is 283 g/mol. The van der Waals surface area contributed by atoms with Crippen molar-refractivity contribution >= 4 is 0 Å². The van der Waals surface area contributed by atoms with Gasteiger partial charge in [-0.15, -0.1) is 0 Å². The summed E-state index contributed by atoms with van der Waals surface area (Å²) in [5, 5.41) is 13.6. The summed E-state index contributed by atoms with van der Waals surface area (Å²) in [6.45, 7) is 5.80. The Kier molecular flexibility index (Phi) is 6.79. The molecular formula is C17H33NO2. The largest absolute Gasteiger partial charge is 0.389 e. The van der Waals surface area contributed by atoms with Crippen LogP contribution >= 0.6 is 0 Å². The first kappa shape index (κ1) is 16.3. The number of rotatable bonds is 6. The van der Waals surface area contributed by atoms with Crippen molar-refractivity contribution in [2.75, 3.05) is 13.2 Å². The molecule has 0 heterocycles. The second-order valence-corrected chi connectivity index (χ2v) is 7.16. The van der Waals surface area contributed by atoms with Crippen LogP contribution in [0.5, 0.6) is 0 Å². The van der Waals surface area contributed by atoms with Crippen molar-refractivity contribution in [3.05, 3.63) is 0 Å². The first-order valence-electron chi connectivity index (χ1n) is 8.68. The molecular weight excluding hydrogens is 250 g/mol. The topological polar surface area (TPSA) is 41.5 Å². The number of ether oxygens (including phenoxy) is 1. The van der Waals surface area contributed by atoms with E-state index in [9.17, 15) is 5.11 Å². The van der Waals surface area contributed by atoms with E-state index in [0.29, 0.717) is 25.3 Å². The minimum absolute atomic E-state index is 0.360. The highest BCUT2D eigenvalue weighted by Crippen LogP contribution is 2.26. The van der Waals surface area contributed by atoms with Crippen LogP contribution in [-0.4, -0.2) is 36.5 Å². The lowest BCUT2D eigenvalue weighted by molar-refractivity contribution is -0.0317. The lowest BCUT2D eigenvalue weighted by atomic mass is 9.86. The van der Waals surface area contributed by atoms with Gasteiger partial charge in [-0.25, -0.2) is 0 Å². The Morgan fingerprint density at radius 2 is 1.90 bits per heavy atom. The lowest BCUT2D eigenvalue weighted by Crippen LogP contribution is -2.42. The molecule has 0 aromatic heterocycles. The van der Waals surface area contributed by atoms with Crippen molar-refractivity contribution in [2.24, 2.45) is 11.8 Å². The van der Waals surface area contributed by atoms with Gasteiger partial charge in [0, 0.05) is 12.6 Å². The monoisotopic (exact) mass is 283 g/mol. The fraction of sp³-hybridized carbons (Fsp3) is 1.00. The molecule has 0 aliphatic heterocycles. The van der Waals surface area contributed by atoms with E-state index < -0.39 is 0 Å². The summed E-state index contributed by atoms with van der Waals surface area (Å²) >= 11 is 0. The van der Waals surface area contributed by atoms with Crippen molar-refractivity contribution in [3.8, 4) is 0 Å². The van der Waals surface area contributed by atoms with Gasteiger partial charge in [0.25, 0.3) is 0 Å². The highest BCUT2D eigenvalue weighted by Gasteiger charge is 2.23. The van der Waals surface area contributed by atoms with Crippen LogP contribution in [-0.2, 0) is 4.74 Å². The van der Waals surface area contributed by atoms with Crippen LogP contribution in [0, 0.1) is 11.8 Å². The zero-order valence-corrected chi connectivity index (χ0v) is 13.3. The van der Waals surface area contributed by atoms with E-state index in [0.717, 1.165) is 11.8 Å². The molecule has 0 amide bonds. The van der Waals surface area contributed by atoms with Gasteiger partial charge >= 0.3 is 0 Å². The maximum Gasteiger partial charge on any atom is 0.0897 e. The third-order valence-electron chi connectivity index (χ3n) is 5.14. The Labute approximate surface area is 124 Å². The Morgan fingerprint density at radius 1 is 1.10 bits per heavy atom. The zero-order valence-electron chi connectivity index (χ0n) is 13.3. The van der Waals surface area contributed by atoms with Gasteiger partial charge in [0.15, 0.2) is 0 Å². The first-order chi connectivity index (χ1) is 9.65. The fourth-order valence-electron chi connectivity index (χ4n) is 3.74. The number of hydrogen-bond donors (Lipinski definition) is 2. The standard InChI is InChI=1S/C17H33NO2/c1-13-6-5-8-16(10-13)20-12-15(19)11-18-17-9-4-3-7-14(17)2/h13-19H,3-12H2,1-2H3. The van der Waals surface area contributed by atoms with Crippen LogP contribution in [0.2, 0.25) is 0 Å². The van der Waals surface area contributed by atoms with Crippen LogP contribution in [0.25, 0.3) is 0 Å². The molecule has 5 atom stereocenters. The summed E-state index contributed by atoms with van der Waals surface area (Å²) in [6.07, 6.45) is 10.2. The predicted octanol–water partition coefficient (Wildman–Crippen LogP) is 3.11. The highest BCUT2D eigenvalue weighted by atomic mass is 16.5. The number of aliphatic hydroxyl groups excluding tert-OH is 1. The summed E-state index contributed by atoms with van der Waals surface area (Å²) in [7, 11) is 0. The Hall–Kier alpha value is -0.120. The van der Waals surface area contributed by atoms with Gasteiger partial charge in [-0.1, -0.05) is 39.5 Å². The minimum Gasteiger partial charge on any atom is -0.389 e. The number of nitrogens with one attached hydrogen (secondary N) is 1. The van der Waals surface area contributed by atoms with Gasteiger partial charge < -0.3 is 15.2 Å². The second-order valence-electron chi connectivity index (χ2n) is 7.16. The van der Waals surface area contributed by atoms with E-state index in [1.165, 1.54) is 51.4 Å². The third kappa shape index (κ3) is 5.34. The average Bonchev–Trinajstić information content (AvgIpc) is 2.44. The van der Waals surface area contributed by atoms with Gasteiger partial charge in [0.2, 0.25) is 0 Å². The van der Waals surface area contributed by atoms with Crippen molar-refractivity contribution < 1.29 is 9.84 Å². The molecule has 0 spiro atoms. The molecule has 2 aliphatic rings. The third-order valence-corrected chi connectivity index (χ3v) is 5.14. The van der Waals surface area contributed by atoms with E-state index in [1.54, 1.807) is 0 Å². The minimum atomic E-state index is -0.360. The highest BCUT2D eigenvalue weighted by molar-refractivity contribution is 4.79. The van der Waals surface area contributed by atoms with Crippen LogP contribution < -0.4 is 5.32 Å². The van der Waals surface area contributed by atoms with Gasteiger partial charge in [-0.3, -0.25) is 0 Å². The van der Waals surface area contributed by atoms with Gasteiger partial charge in [0.1, 0.15) is 0 Å². The van der Waals surface area contributed by atoms with Crippen LogP contribution in [0.4, 0.5) is 0 Å². The molecule has 2 saturated carbocycles. The molecule has 2 fully saturated rings. The fourth-order valence-corrected chi connectivity index (χ4v) is 3.74. The lowest BCUT2D eigenvalue weighted by Gasteiger charge is -2.31. The molecule has 2 N–H and O–H groups in total. The maximum atomic E-state index is 10.1. The van der Waals surface area contributed by atoms with Crippen molar-refractivity contribution in [3.63, 3.8) is 0 Å². The predicted molar refractivity (Wildman–Crippen MR) is 82.8 cm³/mol. The summed E-state index contributed by atoms with van der Waals surface area (Å²) in [4.78, 5) is 0. The molecule has 2 rings (SSSR count). The molecule has 2 aliphatic carbocycles. The quantitative estimate of drug-likeness (QED) is 0.787. The zero-order chi connectivity index (χ0) is 14.4. The molecule has 0 radical (unpaired) electrons. The molecule has 20 heavy (non-hydrogen) atoms. The van der Waals surface area contributed by atoms with Crippen molar-refractivity contribution in [1.29, 1.82) is 0 Å². The Balaban J connectivity index is 1.58. The SMILES string of the molecule is CC1CCCC(OCC(O)CNC2CCCCC2C)C1. The number of hydrogen-bond acceptors (Lipinski definition) is 3. The molecule has 118 valence electrons. The van der Waals surface area contributed by atoms with E-state index >= 15 is 0 Å². The smallest absolute Gasteiger partial charge is 0.0897 e. The Morgan fingerprint density at radius 3 is 2.65 bits per heavy atom. The van der Waals surface area contributed by atoms with Crippen LogP contribution in [0.1, 0.15) is 65.2 Å². The first-order valence-corrected chi connectivity index (χ1v) is 8.68.